The number of benzene rings is 2. The molecule has 4 rings (SSSR count). The molecular formula is C21H20ClFN2O3S. The lowest BCUT2D eigenvalue weighted by Crippen LogP contribution is -2.19. The molecule has 1 heterocycles. The Kier molecular flexibility index (Phi) is 5.23. The Morgan fingerprint density at radius 3 is 2.41 bits per heavy atom. The van der Waals surface area contributed by atoms with Crippen LogP contribution in [0, 0.1) is 12.7 Å². The first kappa shape index (κ1) is 20.1. The first-order valence-corrected chi connectivity index (χ1v) is 11.4. The van der Waals surface area contributed by atoms with E-state index >= 15 is 0 Å². The molecule has 0 bridgehead atoms. The standard InChI is InChI=1S/C21H20ClFN2O3S/c1-12-21(29(2,26)27)25-20(24-12)19(15-7-8-18(23)17(22)11-15)28-16-9-13-5-3-4-6-14(13)10-16/h3-8,11,16,19H,9-10H2,1-2H3,(H,24,25). The van der Waals surface area contributed by atoms with Gasteiger partial charge in [-0.3, -0.25) is 0 Å². The molecule has 1 N–H and O–H groups in total. The van der Waals surface area contributed by atoms with E-state index in [4.69, 9.17) is 16.3 Å². The summed E-state index contributed by atoms with van der Waals surface area (Å²) < 4.78 is 44.1. The van der Waals surface area contributed by atoms with Crippen LogP contribution in [0.5, 0.6) is 0 Å². The summed E-state index contributed by atoms with van der Waals surface area (Å²) in [6, 6.07) is 12.5. The number of rotatable bonds is 5. The average molecular weight is 435 g/mol. The molecule has 0 aliphatic heterocycles. The van der Waals surface area contributed by atoms with Gasteiger partial charge in [0.05, 0.1) is 16.8 Å². The van der Waals surface area contributed by atoms with Crippen LogP contribution in [0.3, 0.4) is 0 Å². The second-order valence-electron chi connectivity index (χ2n) is 7.31. The Morgan fingerprint density at radius 1 is 1.21 bits per heavy atom. The summed E-state index contributed by atoms with van der Waals surface area (Å²) in [5, 5.41) is -0.0542. The van der Waals surface area contributed by atoms with Crippen LogP contribution in [0.25, 0.3) is 0 Å². The maximum atomic E-state index is 13.7. The van der Waals surface area contributed by atoms with Gasteiger partial charge in [0.1, 0.15) is 17.7 Å². The van der Waals surface area contributed by atoms with Gasteiger partial charge in [-0.05, 0) is 48.6 Å². The first-order valence-electron chi connectivity index (χ1n) is 9.16. The van der Waals surface area contributed by atoms with Crippen LogP contribution in [-0.2, 0) is 27.4 Å². The molecular weight excluding hydrogens is 415 g/mol. The molecule has 8 heteroatoms. The summed E-state index contributed by atoms with van der Waals surface area (Å²) >= 11 is 5.99. The van der Waals surface area contributed by atoms with Gasteiger partial charge in [-0.1, -0.05) is 41.9 Å². The highest BCUT2D eigenvalue weighted by molar-refractivity contribution is 7.90. The predicted molar refractivity (Wildman–Crippen MR) is 108 cm³/mol. The number of H-pyrrole nitrogens is 1. The number of hydrogen-bond acceptors (Lipinski definition) is 4. The average Bonchev–Trinajstić information content (AvgIpc) is 3.24. The topological polar surface area (TPSA) is 72.0 Å². The summed E-state index contributed by atoms with van der Waals surface area (Å²) in [5.41, 5.74) is 3.47. The van der Waals surface area contributed by atoms with Crippen LogP contribution in [0.15, 0.2) is 47.5 Å². The van der Waals surface area contributed by atoms with Crippen LogP contribution in [0.4, 0.5) is 4.39 Å². The van der Waals surface area contributed by atoms with Gasteiger partial charge in [0, 0.05) is 6.26 Å². The lowest BCUT2D eigenvalue weighted by molar-refractivity contribution is 0.0105. The summed E-state index contributed by atoms with van der Waals surface area (Å²) in [5.74, 6) is -0.184. The molecule has 1 aliphatic carbocycles. The van der Waals surface area contributed by atoms with E-state index in [1.807, 2.05) is 12.1 Å². The highest BCUT2D eigenvalue weighted by Crippen LogP contribution is 2.33. The molecule has 1 aromatic heterocycles. The predicted octanol–water partition coefficient (Wildman–Crippen LogP) is 4.19. The lowest BCUT2D eigenvalue weighted by atomic mass is 10.1. The molecule has 0 fully saturated rings. The van der Waals surface area contributed by atoms with Crippen molar-refractivity contribution in [1.82, 2.24) is 9.97 Å². The van der Waals surface area contributed by atoms with Gasteiger partial charge in [-0.2, -0.15) is 0 Å². The van der Waals surface area contributed by atoms with Crippen LogP contribution in [0.1, 0.15) is 34.3 Å². The number of fused-ring (bicyclic) bond motifs is 1. The van der Waals surface area contributed by atoms with Crippen molar-refractivity contribution in [3.8, 4) is 0 Å². The number of nitrogens with zero attached hydrogens (tertiary/aromatic N) is 1. The number of ether oxygens (including phenoxy) is 1. The van der Waals surface area contributed by atoms with Gasteiger partial charge in [0.25, 0.3) is 0 Å². The van der Waals surface area contributed by atoms with E-state index in [1.165, 1.54) is 23.3 Å². The van der Waals surface area contributed by atoms with Crippen molar-refractivity contribution in [2.45, 2.75) is 37.0 Å². The number of sulfone groups is 1. The van der Waals surface area contributed by atoms with Crippen molar-refractivity contribution in [1.29, 1.82) is 0 Å². The maximum absolute atomic E-state index is 13.7. The van der Waals surface area contributed by atoms with Gasteiger partial charge in [-0.15, -0.1) is 0 Å². The van der Waals surface area contributed by atoms with Gasteiger partial charge in [0.2, 0.25) is 0 Å². The van der Waals surface area contributed by atoms with Crippen LogP contribution >= 0.6 is 11.6 Å². The maximum Gasteiger partial charge on any atom is 0.194 e. The number of halogens is 2. The second kappa shape index (κ2) is 7.55. The fraction of sp³-hybridized carbons (Fsp3) is 0.286. The molecule has 0 radical (unpaired) electrons. The minimum atomic E-state index is -3.50. The third-order valence-corrected chi connectivity index (χ3v) is 6.44. The number of hydrogen-bond donors (Lipinski definition) is 1. The van der Waals surface area contributed by atoms with Crippen LogP contribution < -0.4 is 0 Å². The monoisotopic (exact) mass is 434 g/mol. The Bertz CT molecular complexity index is 1150. The number of aromatic nitrogens is 2. The first-order chi connectivity index (χ1) is 13.7. The van der Waals surface area contributed by atoms with E-state index in [1.54, 1.807) is 13.0 Å². The quantitative estimate of drug-likeness (QED) is 0.653. The Labute approximate surface area is 173 Å². The van der Waals surface area contributed by atoms with E-state index < -0.39 is 21.8 Å². The van der Waals surface area contributed by atoms with Gasteiger partial charge >= 0.3 is 0 Å². The smallest absolute Gasteiger partial charge is 0.194 e. The SMILES string of the molecule is Cc1[nH]c(C(OC2Cc3ccccc3C2)c2ccc(F)c(Cl)c2)nc1S(C)(=O)=O. The van der Waals surface area contributed by atoms with Crippen molar-refractivity contribution in [3.63, 3.8) is 0 Å². The van der Waals surface area contributed by atoms with Crippen molar-refractivity contribution in [3.05, 3.63) is 81.5 Å². The number of aryl methyl sites for hydroxylation is 1. The van der Waals surface area contributed by atoms with Crippen molar-refractivity contribution in [2.24, 2.45) is 0 Å². The minimum Gasteiger partial charge on any atom is -0.362 e. The van der Waals surface area contributed by atoms with E-state index in [2.05, 4.69) is 22.1 Å². The molecule has 152 valence electrons. The van der Waals surface area contributed by atoms with E-state index in [9.17, 15) is 12.8 Å². The Balaban J connectivity index is 1.71. The van der Waals surface area contributed by atoms with E-state index in [0.717, 1.165) is 19.1 Å². The van der Waals surface area contributed by atoms with Crippen LogP contribution in [0.2, 0.25) is 5.02 Å². The van der Waals surface area contributed by atoms with Crippen molar-refractivity contribution in [2.75, 3.05) is 6.26 Å². The molecule has 0 saturated carbocycles. The van der Waals surface area contributed by atoms with Crippen molar-refractivity contribution >= 4 is 21.4 Å². The second-order valence-corrected chi connectivity index (χ2v) is 9.65. The van der Waals surface area contributed by atoms with Gasteiger partial charge in [-0.25, -0.2) is 17.8 Å². The zero-order valence-electron chi connectivity index (χ0n) is 15.9. The molecule has 1 aliphatic rings. The fourth-order valence-electron chi connectivity index (χ4n) is 3.74. The summed E-state index contributed by atoms with van der Waals surface area (Å²) in [7, 11) is -3.50. The molecule has 29 heavy (non-hydrogen) atoms. The van der Waals surface area contributed by atoms with Crippen LogP contribution in [-0.4, -0.2) is 30.7 Å². The highest BCUT2D eigenvalue weighted by Gasteiger charge is 2.30. The molecule has 0 saturated heterocycles. The number of imidazole rings is 1. The lowest BCUT2D eigenvalue weighted by Gasteiger charge is -2.21. The minimum absolute atomic E-state index is 0.0241. The number of aromatic amines is 1. The molecule has 5 nitrogen and oxygen atoms in total. The van der Waals surface area contributed by atoms with E-state index in [-0.39, 0.29) is 16.2 Å². The molecule has 3 aromatic rings. The molecule has 0 amide bonds. The third kappa shape index (κ3) is 4.08. The third-order valence-electron chi connectivity index (χ3n) is 5.05. The summed E-state index contributed by atoms with van der Waals surface area (Å²) in [4.78, 5) is 7.32. The zero-order valence-corrected chi connectivity index (χ0v) is 17.5. The highest BCUT2D eigenvalue weighted by atomic mass is 35.5. The molecule has 1 atom stereocenters. The Morgan fingerprint density at radius 2 is 1.86 bits per heavy atom. The van der Waals surface area contributed by atoms with Crippen molar-refractivity contribution < 1.29 is 17.5 Å². The summed E-state index contributed by atoms with van der Waals surface area (Å²) in [6.45, 7) is 1.65. The number of nitrogens with one attached hydrogen (secondary N) is 1. The molecule has 0 spiro atoms. The zero-order chi connectivity index (χ0) is 20.8. The van der Waals surface area contributed by atoms with E-state index in [0.29, 0.717) is 17.1 Å². The molecule has 2 aromatic carbocycles. The normalized spacial score (nSPS) is 15.4. The largest absolute Gasteiger partial charge is 0.362 e. The summed E-state index contributed by atoms with van der Waals surface area (Å²) in [6.07, 6.45) is 1.76. The van der Waals surface area contributed by atoms with Gasteiger partial charge in [0.15, 0.2) is 14.9 Å². The van der Waals surface area contributed by atoms with Gasteiger partial charge < -0.3 is 9.72 Å². The fourth-order valence-corrected chi connectivity index (χ4v) is 4.80. The Hall–Kier alpha value is -2.22. The molecule has 1 unspecified atom stereocenters.